The van der Waals surface area contributed by atoms with E-state index in [1.54, 1.807) is 35.1 Å². The molecular weight excluding hydrogens is 714 g/mol. The molecule has 0 amide bonds. The fourth-order valence-electron chi connectivity index (χ4n) is 5.78. The minimum absolute atomic E-state index is 0.0379. The zero-order valence-electron chi connectivity index (χ0n) is 30.3. The summed E-state index contributed by atoms with van der Waals surface area (Å²) in [6, 6.07) is 10.7. The van der Waals surface area contributed by atoms with Crippen LogP contribution in [-0.4, -0.2) is 133 Å². The number of unbranched alkanes of at least 4 members (excludes halogenated alkanes) is 3. The van der Waals surface area contributed by atoms with Gasteiger partial charge in [-0.2, -0.15) is 9.40 Å². The van der Waals surface area contributed by atoms with Crippen LogP contribution in [-0.2, 0) is 54.4 Å². The monoisotopic (exact) mass is 767 g/mol. The lowest BCUT2D eigenvalue weighted by atomic mass is 10.1. The number of hydrogen-bond donors (Lipinski definition) is 0. The minimum atomic E-state index is -3.77. The molecule has 3 heterocycles. The van der Waals surface area contributed by atoms with Gasteiger partial charge in [-0.05, 0) is 49.4 Å². The molecule has 1 fully saturated rings. The molecule has 0 spiro atoms. The number of aromatic nitrogens is 2. The molecule has 15 heteroatoms. The van der Waals surface area contributed by atoms with Crippen LogP contribution >= 0.6 is 11.6 Å². The molecule has 1 saturated heterocycles. The third-order valence-electron chi connectivity index (χ3n) is 8.62. The van der Waals surface area contributed by atoms with Crippen LogP contribution < -0.4 is 0 Å². The Morgan fingerprint density at radius 2 is 1.40 bits per heavy atom. The maximum Gasteiger partial charge on any atom is 0.310 e. The highest BCUT2D eigenvalue weighted by Gasteiger charge is 2.31. The number of esters is 1. The summed E-state index contributed by atoms with van der Waals surface area (Å²) in [7, 11) is -2.43. The van der Waals surface area contributed by atoms with Crippen LogP contribution in [0.15, 0.2) is 53.7 Å². The molecule has 0 N–H and O–H groups in total. The number of ether oxygens (including phenoxy) is 7. The first kappa shape index (κ1) is 42.1. The first-order valence-corrected chi connectivity index (χ1v) is 20.1. The Bertz CT molecular complexity index is 1570. The van der Waals surface area contributed by atoms with Gasteiger partial charge in [0.25, 0.3) is 0 Å². The topological polar surface area (TPSA) is 136 Å². The summed E-state index contributed by atoms with van der Waals surface area (Å²) in [5, 5.41) is 4.31. The highest BCUT2D eigenvalue weighted by atomic mass is 35.5. The van der Waals surface area contributed by atoms with Crippen molar-refractivity contribution in [2.24, 2.45) is 0 Å². The summed E-state index contributed by atoms with van der Waals surface area (Å²) < 4.78 is 69.5. The number of carbonyl (C=O) groups is 1. The first-order chi connectivity index (χ1) is 25.4. The van der Waals surface area contributed by atoms with Crippen LogP contribution in [0.5, 0.6) is 0 Å². The summed E-state index contributed by atoms with van der Waals surface area (Å²) in [6.45, 7) is 6.44. The van der Waals surface area contributed by atoms with E-state index < -0.39 is 10.0 Å². The average Bonchev–Trinajstić information content (AvgIpc) is 3.57. The molecular formula is C37H54ClN3O10S. The molecule has 0 atom stereocenters. The van der Waals surface area contributed by atoms with Crippen LogP contribution in [0.4, 0.5) is 0 Å². The largest absolute Gasteiger partial charge is 0.469 e. The van der Waals surface area contributed by atoms with Crippen molar-refractivity contribution < 1.29 is 46.4 Å². The number of sulfonamides is 1. The molecule has 0 aliphatic carbocycles. The van der Waals surface area contributed by atoms with Gasteiger partial charge in [-0.3, -0.25) is 4.79 Å². The maximum atomic E-state index is 13.9. The second kappa shape index (κ2) is 23.9. The smallest absolute Gasteiger partial charge is 0.310 e. The highest BCUT2D eigenvalue weighted by Crippen LogP contribution is 2.32. The number of piperidine rings is 1. The van der Waals surface area contributed by atoms with Gasteiger partial charge in [-0.15, -0.1) is 11.6 Å². The minimum Gasteiger partial charge on any atom is -0.469 e. The Kier molecular flexibility index (Phi) is 19.3. The van der Waals surface area contributed by atoms with Crippen molar-refractivity contribution in [3.05, 3.63) is 54.4 Å². The number of methoxy groups -OCH3 is 1. The standard InChI is InChI=1S/C37H54ClN3O10S/c1-45-37(42)29-32-30-39-41-16-10-31(28-35(32)41)34-8-4-5-9-36(34)52(43,44)40-14-11-33(12-15-40)51-27-26-50-25-24-49-23-22-48-21-20-47-19-18-46-17-7-3-2-6-13-38/h4-5,8-10,16,28,30,33H,2-3,6-7,11-15,17-27,29H2,1H3. The van der Waals surface area contributed by atoms with Gasteiger partial charge in [0.05, 0.1) is 102 Å². The Morgan fingerprint density at radius 1 is 0.808 bits per heavy atom. The molecule has 1 aromatic carbocycles. The van der Waals surface area contributed by atoms with Gasteiger partial charge < -0.3 is 33.2 Å². The van der Waals surface area contributed by atoms with E-state index in [-0.39, 0.29) is 23.4 Å². The highest BCUT2D eigenvalue weighted by molar-refractivity contribution is 7.89. The summed E-state index contributed by atoms with van der Waals surface area (Å²) in [6.07, 6.45) is 9.04. The van der Waals surface area contributed by atoms with Gasteiger partial charge in [0.2, 0.25) is 10.0 Å². The molecule has 0 bridgehead atoms. The van der Waals surface area contributed by atoms with Gasteiger partial charge in [-0.1, -0.05) is 31.0 Å². The quantitative estimate of drug-likeness (QED) is 0.0603. The van der Waals surface area contributed by atoms with Crippen molar-refractivity contribution in [2.75, 3.05) is 98.8 Å². The third-order valence-corrected chi connectivity index (χ3v) is 10.8. The molecule has 2 aromatic heterocycles. The van der Waals surface area contributed by atoms with Crippen molar-refractivity contribution in [1.82, 2.24) is 13.9 Å². The molecule has 3 aromatic rings. The van der Waals surface area contributed by atoms with Gasteiger partial charge >= 0.3 is 5.97 Å². The van der Waals surface area contributed by atoms with E-state index in [4.69, 9.17) is 44.8 Å². The van der Waals surface area contributed by atoms with E-state index in [9.17, 15) is 13.2 Å². The maximum absolute atomic E-state index is 13.9. The summed E-state index contributed by atoms with van der Waals surface area (Å²) >= 11 is 5.67. The van der Waals surface area contributed by atoms with E-state index in [1.807, 2.05) is 18.2 Å². The Labute approximate surface area is 312 Å². The molecule has 0 saturated carbocycles. The number of carbonyl (C=O) groups excluding carboxylic acids is 1. The second-order valence-corrected chi connectivity index (χ2v) is 14.6. The fourth-order valence-corrected chi connectivity index (χ4v) is 7.65. The number of hydrogen-bond acceptors (Lipinski definition) is 11. The Balaban J connectivity index is 1.05. The normalized spacial score (nSPS) is 14.3. The SMILES string of the molecule is COC(=O)Cc1cnn2ccc(-c3ccccc3S(=O)(=O)N3CCC(OCCOCCOCCOCCOCCOCCCCCCCl)CC3)cc12. The van der Waals surface area contributed by atoms with Crippen LogP contribution in [0.1, 0.15) is 44.1 Å². The number of benzene rings is 1. The lowest BCUT2D eigenvalue weighted by Crippen LogP contribution is -2.41. The number of nitrogens with zero attached hydrogens (tertiary/aromatic N) is 3. The van der Waals surface area contributed by atoms with Crippen LogP contribution in [0.2, 0.25) is 0 Å². The zero-order chi connectivity index (χ0) is 36.9. The average molecular weight is 768 g/mol. The van der Waals surface area contributed by atoms with Crippen molar-refractivity contribution in [1.29, 1.82) is 0 Å². The lowest BCUT2D eigenvalue weighted by molar-refractivity contribution is -0.139. The summed E-state index contributed by atoms with van der Waals surface area (Å²) in [5.74, 6) is 0.357. The molecule has 13 nitrogen and oxygen atoms in total. The Morgan fingerprint density at radius 3 is 2.04 bits per heavy atom. The van der Waals surface area contributed by atoms with E-state index in [1.165, 1.54) is 11.4 Å². The van der Waals surface area contributed by atoms with Crippen LogP contribution in [0, 0.1) is 0 Å². The zero-order valence-corrected chi connectivity index (χ0v) is 31.8. The van der Waals surface area contributed by atoms with E-state index in [0.717, 1.165) is 38.2 Å². The molecule has 1 aliphatic rings. The van der Waals surface area contributed by atoms with Gasteiger partial charge in [0.15, 0.2) is 0 Å². The number of halogens is 1. The summed E-state index contributed by atoms with van der Waals surface area (Å²) in [4.78, 5) is 12.1. The lowest BCUT2D eigenvalue weighted by Gasteiger charge is -2.31. The number of alkyl halides is 1. The third kappa shape index (κ3) is 14.0. The van der Waals surface area contributed by atoms with Gasteiger partial charge in [0, 0.05) is 42.9 Å². The van der Waals surface area contributed by atoms with Crippen molar-refractivity contribution in [3.63, 3.8) is 0 Å². The predicted octanol–water partition coefficient (Wildman–Crippen LogP) is 4.77. The first-order valence-electron chi connectivity index (χ1n) is 18.1. The van der Waals surface area contributed by atoms with Crippen LogP contribution in [0.25, 0.3) is 16.6 Å². The van der Waals surface area contributed by atoms with E-state index >= 15 is 0 Å². The van der Waals surface area contributed by atoms with E-state index in [0.29, 0.717) is 114 Å². The molecule has 52 heavy (non-hydrogen) atoms. The number of pyridine rings is 1. The number of fused-ring (bicyclic) bond motifs is 1. The second-order valence-electron chi connectivity index (χ2n) is 12.3. The van der Waals surface area contributed by atoms with Crippen molar-refractivity contribution >= 4 is 33.1 Å². The molecule has 0 unspecified atom stereocenters. The van der Waals surface area contributed by atoms with Crippen molar-refractivity contribution in [2.45, 2.75) is 55.9 Å². The van der Waals surface area contributed by atoms with Crippen LogP contribution in [0.3, 0.4) is 0 Å². The molecule has 4 rings (SSSR count). The number of rotatable bonds is 27. The molecule has 0 radical (unpaired) electrons. The Hall–Kier alpha value is -2.66. The predicted molar refractivity (Wildman–Crippen MR) is 197 cm³/mol. The van der Waals surface area contributed by atoms with E-state index in [2.05, 4.69) is 5.10 Å². The molecule has 1 aliphatic heterocycles. The summed E-state index contributed by atoms with van der Waals surface area (Å²) in [5.41, 5.74) is 2.72. The van der Waals surface area contributed by atoms with Gasteiger partial charge in [-0.25, -0.2) is 12.9 Å². The molecule has 290 valence electrons. The fraction of sp³-hybridized carbons (Fsp3) is 0.622. The van der Waals surface area contributed by atoms with Crippen molar-refractivity contribution in [3.8, 4) is 11.1 Å². The van der Waals surface area contributed by atoms with Gasteiger partial charge in [0.1, 0.15) is 0 Å².